The number of aryl methyl sites for hydroxylation is 1. The topological polar surface area (TPSA) is 99.2 Å². The minimum atomic E-state index is -0.438. The molecule has 3 aromatic heterocycles. The van der Waals surface area contributed by atoms with Crippen LogP contribution < -0.4 is 15.4 Å². The van der Waals surface area contributed by atoms with E-state index in [0.717, 1.165) is 28.7 Å². The van der Waals surface area contributed by atoms with Crippen molar-refractivity contribution >= 4 is 45.8 Å². The lowest BCUT2D eigenvalue weighted by Gasteiger charge is -2.25. The van der Waals surface area contributed by atoms with E-state index in [0.29, 0.717) is 40.1 Å². The molecule has 1 aliphatic rings. The second-order valence-electron chi connectivity index (χ2n) is 8.17. The van der Waals surface area contributed by atoms with Gasteiger partial charge in [0.25, 0.3) is 0 Å². The number of aromatic nitrogens is 4. The molecule has 2 N–H and O–H groups in total. The summed E-state index contributed by atoms with van der Waals surface area (Å²) in [6.45, 7) is 2.69. The molecule has 0 bridgehead atoms. The highest BCUT2D eigenvalue weighted by Gasteiger charge is 2.32. The predicted molar refractivity (Wildman–Crippen MR) is 132 cm³/mol. The van der Waals surface area contributed by atoms with Crippen LogP contribution in [0.1, 0.15) is 24.1 Å². The minimum Gasteiger partial charge on any atom is -0.487 e. The van der Waals surface area contributed by atoms with Crippen molar-refractivity contribution in [2.75, 3.05) is 11.4 Å². The van der Waals surface area contributed by atoms with Crippen molar-refractivity contribution in [3.8, 4) is 11.4 Å². The Morgan fingerprint density at radius 3 is 2.94 bits per heavy atom. The molecular weight excluding hydrogens is 475 g/mol. The SMILES string of the molecule is Cc1cc(-n2ccnc2)c2cccc(OCc3c(Cl)cnc(N4CCC[C@H]4C(N)=O)c3Cl)c2n1. The van der Waals surface area contributed by atoms with Gasteiger partial charge in [-0.1, -0.05) is 35.3 Å². The second kappa shape index (κ2) is 9.12. The van der Waals surface area contributed by atoms with Gasteiger partial charge in [-0.15, -0.1) is 0 Å². The maximum absolute atomic E-state index is 11.9. The van der Waals surface area contributed by atoms with Crippen molar-refractivity contribution in [2.45, 2.75) is 32.4 Å². The van der Waals surface area contributed by atoms with Gasteiger partial charge in [-0.3, -0.25) is 4.79 Å². The standard InChI is InChI=1S/C24H22Cl2N6O2/c1-14-10-19(31-9-7-28-13-31)15-4-2-6-20(22(15)30-14)34-12-16-17(25)11-29-24(21(16)26)32-8-3-5-18(32)23(27)33/h2,4,6-7,9-11,13,18H,3,5,8,12H2,1H3,(H2,27,33)/t18-/m0/s1. The molecule has 0 spiro atoms. The lowest BCUT2D eigenvalue weighted by molar-refractivity contribution is -0.119. The average Bonchev–Trinajstić information content (AvgIpc) is 3.51. The van der Waals surface area contributed by atoms with Gasteiger partial charge in [-0.2, -0.15) is 0 Å². The van der Waals surface area contributed by atoms with Gasteiger partial charge in [-0.25, -0.2) is 15.0 Å². The van der Waals surface area contributed by atoms with E-state index in [9.17, 15) is 4.79 Å². The summed E-state index contributed by atoms with van der Waals surface area (Å²) >= 11 is 13.2. The highest BCUT2D eigenvalue weighted by molar-refractivity contribution is 6.37. The van der Waals surface area contributed by atoms with Gasteiger partial charge < -0.3 is 19.9 Å². The number of ether oxygens (including phenoxy) is 1. The number of para-hydroxylation sites is 1. The number of nitrogens with zero attached hydrogens (tertiary/aromatic N) is 5. The quantitative estimate of drug-likeness (QED) is 0.422. The molecule has 1 fully saturated rings. The molecule has 1 aromatic carbocycles. The number of imidazole rings is 1. The van der Waals surface area contributed by atoms with Crippen LogP contribution in [-0.4, -0.2) is 38.0 Å². The number of nitrogens with two attached hydrogens (primary N) is 1. The monoisotopic (exact) mass is 496 g/mol. The first kappa shape index (κ1) is 22.4. The Morgan fingerprint density at radius 1 is 1.32 bits per heavy atom. The predicted octanol–water partition coefficient (Wildman–Crippen LogP) is 4.46. The Morgan fingerprint density at radius 2 is 2.18 bits per heavy atom. The number of carbonyl (C=O) groups excluding carboxylic acids is 1. The first-order valence-corrected chi connectivity index (χ1v) is 11.6. The third kappa shape index (κ3) is 4.03. The van der Waals surface area contributed by atoms with Crippen molar-refractivity contribution in [1.82, 2.24) is 19.5 Å². The highest BCUT2D eigenvalue weighted by atomic mass is 35.5. The molecule has 174 valence electrons. The van der Waals surface area contributed by atoms with Crippen LogP contribution in [0.25, 0.3) is 16.6 Å². The number of hydrogen-bond acceptors (Lipinski definition) is 6. The van der Waals surface area contributed by atoms with E-state index >= 15 is 0 Å². The molecule has 0 unspecified atom stereocenters. The van der Waals surface area contributed by atoms with Crippen LogP contribution in [0.15, 0.2) is 49.2 Å². The van der Waals surface area contributed by atoms with Crippen LogP contribution >= 0.6 is 23.2 Å². The van der Waals surface area contributed by atoms with Gasteiger partial charge in [0.05, 0.1) is 22.1 Å². The van der Waals surface area contributed by atoms with E-state index in [-0.39, 0.29) is 6.61 Å². The van der Waals surface area contributed by atoms with Gasteiger partial charge >= 0.3 is 0 Å². The van der Waals surface area contributed by atoms with Crippen molar-refractivity contribution < 1.29 is 9.53 Å². The zero-order valence-corrected chi connectivity index (χ0v) is 19.9. The summed E-state index contributed by atoms with van der Waals surface area (Å²) in [4.78, 5) is 27.0. The van der Waals surface area contributed by atoms with Gasteiger partial charge in [0.1, 0.15) is 29.7 Å². The van der Waals surface area contributed by atoms with E-state index in [4.69, 9.17) is 38.7 Å². The molecule has 1 amide bonds. The van der Waals surface area contributed by atoms with E-state index in [1.165, 1.54) is 6.20 Å². The number of pyridine rings is 2. The van der Waals surface area contributed by atoms with Crippen molar-refractivity contribution in [1.29, 1.82) is 0 Å². The Bertz CT molecular complexity index is 1380. The van der Waals surface area contributed by atoms with E-state index in [2.05, 4.69) is 9.97 Å². The Hall–Kier alpha value is -3.36. The minimum absolute atomic E-state index is 0.109. The van der Waals surface area contributed by atoms with Crippen LogP contribution in [0.3, 0.4) is 0 Å². The number of primary amides is 1. The molecular formula is C24H22Cl2N6O2. The van der Waals surface area contributed by atoms with Gasteiger partial charge in [0, 0.05) is 41.8 Å². The number of fused-ring (bicyclic) bond motifs is 1. The van der Waals surface area contributed by atoms with E-state index in [1.807, 2.05) is 46.9 Å². The smallest absolute Gasteiger partial charge is 0.240 e. The number of hydrogen-bond donors (Lipinski definition) is 1. The lowest BCUT2D eigenvalue weighted by Crippen LogP contribution is -2.41. The van der Waals surface area contributed by atoms with Crippen molar-refractivity contribution in [3.63, 3.8) is 0 Å². The largest absolute Gasteiger partial charge is 0.487 e. The second-order valence-corrected chi connectivity index (χ2v) is 8.95. The zero-order chi connectivity index (χ0) is 23.8. The number of anilines is 1. The van der Waals surface area contributed by atoms with Crippen LogP contribution in [0.2, 0.25) is 10.0 Å². The van der Waals surface area contributed by atoms with Gasteiger partial charge in [0.2, 0.25) is 5.91 Å². The summed E-state index contributed by atoms with van der Waals surface area (Å²) < 4.78 is 8.13. The molecule has 10 heteroatoms. The molecule has 1 saturated heterocycles. The molecule has 4 heterocycles. The average molecular weight is 497 g/mol. The molecule has 4 aromatic rings. The molecule has 34 heavy (non-hydrogen) atoms. The Kier molecular flexibility index (Phi) is 6.02. The first-order valence-electron chi connectivity index (χ1n) is 10.8. The molecule has 0 radical (unpaired) electrons. The van der Waals surface area contributed by atoms with Crippen molar-refractivity contribution in [2.24, 2.45) is 5.73 Å². The molecule has 0 saturated carbocycles. The molecule has 8 nitrogen and oxygen atoms in total. The molecule has 1 atom stereocenters. The highest BCUT2D eigenvalue weighted by Crippen LogP contribution is 2.37. The first-order chi connectivity index (χ1) is 16.4. The summed E-state index contributed by atoms with van der Waals surface area (Å²) in [6, 6.07) is 7.33. The van der Waals surface area contributed by atoms with Gasteiger partial charge in [-0.05, 0) is 31.9 Å². The van der Waals surface area contributed by atoms with Crippen LogP contribution in [0.4, 0.5) is 5.82 Å². The summed E-state index contributed by atoms with van der Waals surface area (Å²) in [5.74, 6) is 0.693. The van der Waals surface area contributed by atoms with Gasteiger partial charge in [0.15, 0.2) is 0 Å². The fraction of sp³-hybridized carbons (Fsp3) is 0.250. The van der Waals surface area contributed by atoms with Crippen LogP contribution in [0.5, 0.6) is 5.75 Å². The fourth-order valence-electron chi connectivity index (χ4n) is 4.35. The summed E-state index contributed by atoms with van der Waals surface area (Å²) in [5.41, 5.74) is 8.69. The normalized spacial score (nSPS) is 15.7. The number of rotatable bonds is 6. The Labute approximate surface area is 206 Å². The maximum Gasteiger partial charge on any atom is 0.240 e. The maximum atomic E-state index is 11.9. The molecule has 0 aliphatic carbocycles. The third-order valence-corrected chi connectivity index (χ3v) is 6.69. The van der Waals surface area contributed by atoms with Crippen LogP contribution in [0, 0.1) is 6.92 Å². The fourth-order valence-corrected chi connectivity index (χ4v) is 4.91. The number of halogens is 2. The molecule has 1 aliphatic heterocycles. The van der Waals surface area contributed by atoms with E-state index in [1.54, 1.807) is 12.5 Å². The van der Waals surface area contributed by atoms with Crippen molar-refractivity contribution in [3.05, 3.63) is 70.5 Å². The van der Waals surface area contributed by atoms with E-state index < -0.39 is 11.9 Å². The third-order valence-electron chi connectivity index (χ3n) is 5.97. The Balaban J connectivity index is 1.49. The number of amides is 1. The molecule has 5 rings (SSSR count). The lowest BCUT2D eigenvalue weighted by atomic mass is 10.1. The number of carbonyl (C=O) groups is 1. The zero-order valence-electron chi connectivity index (χ0n) is 18.4. The summed E-state index contributed by atoms with van der Waals surface area (Å²) in [5, 5.41) is 1.66. The van der Waals surface area contributed by atoms with Crippen LogP contribution in [-0.2, 0) is 11.4 Å². The summed E-state index contributed by atoms with van der Waals surface area (Å²) in [7, 11) is 0. The number of benzene rings is 1. The summed E-state index contributed by atoms with van der Waals surface area (Å²) in [6.07, 6.45) is 8.40.